The summed E-state index contributed by atoms with van der Waals surface area (Å²) in [5.74, 6) is 0.594. The molecule has 1 atom stereocenters. The van der Waals surface area contributed by atoms with Crippen LogP contribution in [0, 0.1) is 11.3 Å². The first kappa shape index (κ1) is 17.7. The third-order valence-corrected chi connectivity index (χ3v) is 5.98. The van der Waals surface area contributed by atoms with E-state index in [1.165, 1.54) is 0 Å². The van der Waals surface area contributed by atoms with E-state index in [2.05, 4.69) is 11.9 Å². The van der Waals surface area contributed by atoms with Crippen LogP contribution in [0.4, 0.5) is 0 Å². The molecule has 0 aromatic heterocycles. The molecular weight excluding hydrogens is 306 g/mol. The number of nitrogens with zero attached hydrogens (tertiary/aromatic N) is 3. The van der Waals surface area contributed by atoms with Gasteiger partial charge in [-0.05, 0) is 31.7 Å². The van der Waals surface area contributed by atoms with Crippen molar-refractivity contribution in [2.45, 2.75) is 39.2 Å². The molecule has 0 saturated carbocycles. The molecule has 3 saturated heterocycles. The highest BCUT2D eigenvalue weighted by Crippen LogP contribution is 2.43. The normalized spacial score (nSPS) is 27.9. The van der Waals surface area contributed by atoms with Crippen LogP contribution in [0.25, 0.3) is 0 Å². The fraction of sp³-hybridized carbons (Fsp3) is 0.889. The van der Waals surface area contributed by atoms with Gasteiger partial charge in [0.15, 0.2) is 0 Å². The summed E-state index contributed by atoms with van der Waals surface area (Å²) in [6.07, 6.45) is 2.97. The highest BCUT2D eigenvalue weighted by atomic mass is 16.5. The molecule has 0 aliphatic carbocycles. The zero-order valence-electron chi connectivity index (χ0n) is 15.3. The van der Waals surface area contributed by atoms with Crippen LogP contribution in [0.2, 0.25) is 0 Å². The molecule has 1 spiro atoms. The Morgan fingerprint density at radius 2 is 1.67 bits per heavy atom. The van der Waals surface area contributed by atoms with Crippen LogP contribution in [-0.4, -0.2) is 85.5 Å². The Kier molecular flexibility index (Phi) is 5.16. The lowest BCUT2D eigenvalue weighted by molar-refractivity contribution is -0.140. The number of rotatable bonds is 2. The minimum atomic E-state index is -0.00421. The molecule has 6 heteroatoms. The number of hydrogen-bond donors (Lipinski definition) is 0. The van der Waals surface area contributed by atoms with Crippen LogP contribution in [0.1, 0.15) is 33.1 Å². The molecule has 3 aliphatic heterocycles. The van der Waals surface area contributed by atoms with E-state index in [1.807, 2.05) is 23.6 Å². The number of likely N-dealkylation sites (N-methyl/N-ethyl adjacent to an activating group) is 1. The van der Waals surface area contributed by atoms with E-state index in [0.717, 1.165) is 38.9 Å². The van der Waals surface area contributed by atoms with Crippen molar-refractivity contribution in [2.24, 2.45) is 11.3 Å². The smallest absolute Gasteiger partial charge is 0.240 e. The molecular formula is C18H31N3O3. The number of piperidine rings is 1. The van der Waals surface area contributed by atoms with Gasteiger partial charge >= 0.3 is 0 Å². The molecule has 24 heavy (non-hydrogen) atoms. The van der Waals surface area contributed by atoms with E-state index in [0.29, 0.717) is 26.3 Å². The van der Waals surface area contributed by atoms with Crippen molar-refractivity contribution in [3.8, 4) is 0 Å². The summed E-state index contributed by atoms with van der Waals surface area (Å²) < 4.78 is 5.36. The van der Waals surface area contributed by atoms with Gasteiger partial charge in [0.2, 0.25) is 11.8 Å². The van der Waals surface area contributed by atoms with Crippen LogP contribution in [0.3, 0.4) is 0 Å². The fourth-order valence-corrected chi connectivity index (χ4v) is 4.47. The van der Waals surface area contributed by atoms with Crippen LogP contribution in [-0.2, 0) is 14.3 Å². The molecule has 0 aromatic rings. The number of ether oxygens (including phenoxy) is 1. The van der Waals surface area contributed by atoms with Crippen molar-refractivity contribution >= 4 is 11.8 Å². The second-order valence-corrected chi connectivity index (χ2v) is 8.05. The lowest BCUT2D eigenvalue weighted by Crippen LogP contribution is -2.48. The first-order valence-electron chi connectivity index (χ1n) is 9.27. The Balaban J connectivity index is 1.59. The number of carbonyl (C=O) groups is 2. The molecule has 3 rings (SSSR count). The monoisotopic (exact) mass is 337 g/mol. The zero-order chi connectivity index (χ0) is 17.3. The zero-order valence-corrected chi connectivity index (χ0v) is 15.3. The van der Waals surface area contributed by atoms with Crippen molar-refractivity contribution in [3.05, 3.63) is 0 Å². The second-order valence-electron chi connectivity index (χ2n) is 8.05. The van der Waals surface area contributed by atoms with E-state index in [4.69, 9.17) is 4.74 Å². The molecule has 0 N–H and O–H groups in total. The molecule has 1 unspecified atom stereocenters. The van der Waals surface area contributed by atoms with Gasteiger partial charge in [-0.15, -0.1) is 0 Å². The van der Waals surface area contributed by atoms with Gasteiger partial charge < -0.3 is 14.5 Å². The maximum atomic E-state index is 12.9. The van der Waals surface area contributed by atoms with Gasteiger partial charge in [0.25, 0.3) is 0 Å². The van der Waals surface area contributed by atoms with E-state index >= 15 is 0 Å². The van der Waals surface area contributed by atoms with Gasteiger partial charge in [-0.3, -0.25) is 14.5 Å². The Bertz CT molecular complexity index is 480. The van der Waals surface area contributed by atoms with Crippen LogP contribution in [0.5, 0.6) is 0 Å². The third-order valence-electron chi connectivity index (χ3n) is 5.98. The average molecular weight is 337 g/mol. The predicted octanol–water partition coefficient (Wildman–Crippen LogP) is 0.814. The lowest BCUT2D eigenvalue weighted by atomic mass is 9.76. The Morgan fingerprint density at radius 1 is 1.04 bits per heavy atom. The minimum Gasteiger partial charge on any atom is -0.378 e. The Hall–Kier alpha value is -1.14. The molecule has 3 fully saturated rings. The number of amides is 2. The summed E-state index contributed by atoms with van der Waals surface area (Å²) in [6, 6.07) is -0.00421. The first-order chi connectivity index (χ1) is 11.4. The van der Waals surface area contributed by atoms with Crippen molar-refractivity contribution in [1.82, 2.24) is 14.7 Å². The summed E-state index contributed by atoms with van der Waals surface area (Å²) >= 11 is 0. The molecule has 0 aromatic carbocycles. The maximum Gasteiger partial charge on any atom is 0.240 e. The lowest BCUT2D eigenvalue weighted by Gasteiger charge is -2.40. The number of hydrogen-bond acceptors (Lipinski definition) is 4. The van der Waals surface area contributed by atoms with Gasteiger partial charge in [0, 0.05) is 38.6 Å². The van der Waals surface area contributed by atoms with Crippen LogP contribution in [0.15, 0.2) is 0 Å². The summed E-state index contributed by atoms with van der Waals surface area (Å²) in [5, 5.41) is 0. The highest BCUT2D eigenvalue weighted by Gasteiger charge is 2.48. The van der Waals surface area contributed by atoms with Gasteiger partial charge in [0.05, 0.1) is 19.3 Å². The topological polar surface area (TPSA) is 53.1 Å². The first-order valence-corrected chi connectivity index (χ1v) is 9.27. The summed E-state index contributed by atoms with van der Waals surface area (Å²) in [6.45, 7) is 9.31. The van der Waals surface area contributed by atoms with Gasteiger partial charge in [-0.25, -0.2) is 0 Å². The van der Waals surface area contributed by atoms with Gasteiger partial charge in [-0.2, -0.15) is 0 Å². The number of morpholine rings is 1. The number of likely N-dealkylation sites (tertiary alicyclic amines) is 2. The van der Waals surface area contributed by atoms with E-state index in [1.54, 1.807) is 0 Å². The van der Waals surface area contributed by atoms with E-state index in [9.17, 15) is 9.59 Å². The SMILES string of the molecule is CC(C)C(=O)N1CCC2(CC1)CC(C(=O)N1CCOCC1)N(C)C2. The summed E-state index contributed by atoms with van der Waals surface area (Å²) in [7, 11) is 2.07. The Labute approximate surface area is 145 Å². The molecule has 136 valence electrons. The molecule has 2 amide bonds. The number of carbonyl (C=O) groups excluding carboxylic acids is 2. The highest BCUT2D eigenvalue weighted by molar-refractivity contribution is 5.82. The Morgan fingerprint density at radius 3 is 2.25 bits per heavy atom. The van der Waals surface area contributed by atoms with E-state index in [-0.39, 0.29) is 29.2 Å². The molecule has 0 bridgehead atoms. The largest absolute Gasteiger partial charge is 0.378 e. The van der Waals surface area contributed by atoms with Crippen LogP contribution >= 0.6 is 0 Å². The average Bonchev–Trinajstić information content (AvgIpc) is 2.91. The van der Waals surface area contributed by atoms with Gasteiger partial charge in [0.1, 0.15) is 0 Å². The molecule has 3 heterocycles. The van der Waals surface area contributed by atoms with Crippen molar-refractivity contribution < 1.29 is 14.3 Å². The quantitative estimate of drug-likeness (QED) is 0.748. The van der Waals surface area contributed by atoms with Crippen molar-refractivity contribution in [3.63, 3.8) is 0 Å². The second kappa shape index (κ2) is 7.00. The van der Waals surface area contributed by atoms with Crippen molar-refractivity contribution in [1.29, 1.82) is 0 Å². The minimum absolute atomic E-state index is 0.00421. The predicted molar refractivity (Wildman–Crippen MR) is 91.5 cm³/mol. The third kappa shape index (κ3) is 3.45. The van der Waals surface area contributed by atoms with Gasteiger partial charge in [-0.1, -0.05) is 13.8 Å². The van der Waals surface area contributed by atoms with Crippen LogP contribution < -0.4 is 0 Å². The standard InChI is InChI=1S/C18H31N3O3/c1-14(2)16(22)20-6-4-18(5-7-20)12-15(19(3)13-18)17(23)21-8-10-24-11-9-21/h14-15H,4-13H2,1-3H3. The summed E-state index contributed by atoms with van der Waals surface area (Å²) in [4.78, 5) is 31.3. The molecule has 6 nitrogen and oxygen atoms in total. The fourth-order valence-electron chi connectivity index (χ4n) is 4.47. The maximum absolute atomic E-state index is 12.9. The van der Waals surface area contributed by atoms with Crippen molar-refractivity contribution in [2.75, 3.05) is 53.0 Å². The van der Waals surface area contributed by atoms with E-state index < -0.39 is 0 Å². The summed E-state index contributed by atoms with van der Waals surface area (Å²) in [5.41, 5.74) is 0.203. The molecule has 3 aliphatic rings. The molecule has 0 radical (unpaired) electrons.